The van der Waals surface area contributed by atoms with Gasteiger partial charge in [-0.2, -0.15) is 5.10 Å². The average molecular weight is 363 g/mol. The maximum atomic E-state index is 12.6. The Labute approximate surface area is 157 Å². The summed E-state index contributed by atoms with van der Waals surface area (Å²) in [5.74, 6) is -0.223. The largest absolute Gasteiger partial charge is 0.342 e. The number of rotatable bonds is 6. The monoisotopic (exact) mass is 363 g/mol. The van der Waals surface area contributed by atoms with Gasteiger partial charge < -0.3 is 10.2 Å². The Hall–Kier alpha value is -3.48. The number of carbonyl (C=O) groups is 2. The maximum Gasteiger partial charge on any atom is 0.255 e. The quantitative estimate of drug-likeness (QED) is 0.730. The standard InChI is InChI=1S/C20H21N5O2/c1-15(26)24(2)12-18-5-3-4-6-19(18)23-20(27)17-9-7-16(8-10-17)11-25-14-21-13-22-25/h3-10,13-14H,11-12H2,1-2H3,(H,23,27). The van der Waals surface area contributed by atoms with Crippen molar-refractivity contribution >= 4 is 17.5 Å². The third-order valence-electron chi connectivity index (χ3n) is 4.24. The lowest BCUT2D eigenvalue weighted by Gasteiger charge is -2.18. The Morgan fingerprint density at radius 1 is 1.11 bits per heavy atom. The van der Waals surface area contributed by atoms with E-state index in [4.69, 9.17) is 0 Å². The van der Waals surface area contributed by atoms with E-state index in [1.807, 2.05) is 36.4 Å². The highest BCUT2D eigenvalue weighted by Gasteiger charge is 2.11. The van der Waals surface area contributed by atoms with Crippen LogP contribution in [0.5, 0.6) is 0 Å². The minimum atomic E-state index is -0.194. The summed E-state index contributed by atoms with van der Waals surface area (Å²) in [7, 11) is 1.73. The molecule has 7 nitrogen and oxygen atoms in total. The van der Waals surface area contributed by atoms with Crippen molar-refractivity contribution in [1.82, 2.24) is 19.7 Å². The molecule has 0 spiro atoms. The zero-order valence-corrected chi connectivity index (χ0v) is 15.3. The van der Waals surface area contributed by atoms with Crippen LogP contribution in [-0.4, -0.2) is 38.5 Å². The van der Waals surface area contributed by atoms with Gasteiger partial charge in [0, 0.05) is 31.8 Å². The molecule has 0 saturated heterocycles. The molecule has 3 aromatic rings. The number of hydrogen-bond donors (Lipinski definition) is 1. The summed E-state index contributed by atoms with van der Waals surface area (Å²) in [6.45, 7) is 2.55. The Morgan fingerprint density at radius 3 is 2.52 bits per heavy atom. The smallest absolute Gasteiger partial charge is 0.255 e. The highest BCUT2D eigenvalue weighted by atomic mass is 16.2. The molecule has 0 saturated carbocycles. The fourth-order valence-corrected chi connectivity index (χ4v) is 2.60. The second kappa shape index (κ2) is 8.27. The maximum absolute atomic E-state index is 12.6. The van der Waals surface area contributed by atoms with E-state index in [0.29, 0.717) is 24.3 Å². The first-order valence-corrected chi connectivity index (χ1v) is 8.55. The van der Waals surface area contributed by atoms with Gasteiger partial charge in [-0.05, 0) is 29.3 Å². The predicted octanol–water partition coefficient (Wildman–Crippen LogP) is 2.56. The van der Waals surface area contributed by atoms with Crippen LogP contribution in [0.25, 0.3) is 0 Å². The predicted molar refractivity (Wildman–Crippen MR) is 102 cm³/mol. The topological polar surface area (TPSA) is 80.1 Å². The number of nitrogens with zero attached hydrogens (tertiary/aromatic N) is 4. The first-order chi connectivity index (χ1) is 13.0. The Bertz CT molecular complexity index is 920. The summed E-state index contributed by atoms with van der Waals surface area (Å²) in [5.41, 5.74) is 3.17. The van der Waals surface area contributed by atoms with Gasteiger partial charge in [-0.3, -0.25) is 9.59 Å². The van der Waals surface area contributed by atoms with E-state index in [9.17, 15) is 9.59 Å². The van der Waals surface area contributed by atoms with E-state index < -0.39 is 0 Å². The van der Waals surface area contributed by atoms with Crippen LogP contribution in [0.3, 0.4) is 0 Å². The van der Waals surface area contributed by atoms with Crippen molar-refractivity contribution in [2.24, 2.45) is 0 Å². The van der Waals surface area contributed by atoms with Gasteiger partial charge in [0.1, 0.15) is 12.7 Å². The molecule has 0 bridgehead atoms. The number of carbonyl (C=O) groups excluding carboxylic acids is 2. The number of para-hydroxylation sites is 1. The molecule has 1 N–H and O–H groups in total. The van der Waals surface area contributed by atoms with Crippen LogP contribution in [0.2, 0.25) is 0 Å². The second-order valence-electron chi connectivity index (χ2n) is 6.28. The molecule has 1 heterocycles. The first-order valence-electron chi connectivity index (χ1n) is 8.55. The third kappa shape index (κ3) is 4.78. The lowest BCUT2D eigenvalue weighted by atomic mass is 10.1. The summed E-state index contributed by atoms with van der Waals surface area (Å²) in [6.07, 6.45) is 3.14. The highest BCUT2D eigenvalue weighted by Crippen LogP contribution is 2.18. The Kier molecular flexibility index (Phi) is 5.61. The van der Waals surface area contributed by atoms with E-state index in [2.05, 4.69) is 15.4 Å². The van der Waals surface area contributed by atoms with Crippen LogP contribution < -0.4 is 5.32 Å². The fourth-order valence-electron chi connectivity index (χ4n) is 2.60. The van der Waals surface area contributed by atoms with E-state index in [1.54, 1.807) is 35.1 Å². The van der Waals surface area contributed by atoms with Gasteiger partial charge >= 0.3 is 0 Å². The van der Waals surface area contributed by atoms with Gasteiger partial charge in [0.25, 0.3) is 5.91 Å². The van der Waals surface area contributed by atoms with E-state index in [-0.39, 0.29) is 11.8 Å². The van der Waals surface area contributed by atoms with Crippen LogP contribution in [0, 0.1) is 0 Å². The molecule has 1 aromatic heterocycles. The average Bonchev–Trinajstić information content (AvgIpc) is 3.16. The van der Waals surface area contributed by atoms with Crippen molar-refractivity contribution in [1.29, 1.82) is 0 Å². The van der Waals surface area contributed by atoms with Crippen LogP contribution in [0.15, 0.2) is 61.2 Å². The Morgan fingerprint density at radius 2 is 1.85 bits per heavy atom. The van der Waals surface area contributed by atoms with Crippen LogP contribution in [-0.2, 0) is 17.9 Å². The van der Waals surface area contributed by atoms with Crippen LogP contribution >= 0.6 is 0 Å². The molecule has 138 valence electrons. The van der Waals surface area contributed by atoms with Gasteiger partial charge in [0.15, 0.2) is 0 Å². The van der Waals surface area contributed by atoms with Crippen molar-refractivity contribution in [3.63, 3.8) is 0 Å². The van der Waals surface area contributed by atoms with Gasteiger partial charge in [0.2, 0.25) is 5.91 Å². The molecule has 0 atom stereocenters. The number of nitrogens with one attached hydrogen (secondary N) is 1. The molecule has 0 aliphatic rings. The van der Waals surface area contributed by atoms with Crippen molar-refractivity contribution in [3.05, 3.63) is 77.9 Å². The molecular weight excluding hydrogens is 342 g/mol. The molecular formula is C20H21N5O2. The van der Waals surface area contributed by atoms with Crippen molar-refractivity contribution in [2.75, 3.05) is 12.4 Å². The van der Waals surface area contributed by atoms with Gasteiger partial charge in [-0.15, -0.1) is 0 Å². The summed E-state index contributed by atoms with van der Waals surface area (Å²) in [6, 6.07) is 14.8. The lowest BCUT2D eigenvalue weighted by molar-refractivity contribution is -0.128. The number of anilines is 1. The molecule has 7 heteroatoms. The van der Waals surface area contributed by atoms with Crippen molar-refractivity contribution in [3.8, 4) is 0 Å². The van der Waals surface area contributed by atoms with E-state index >= 15 is 0 Å². The van der Waals surface area contributed by atoms with Crippen LogP contribution in [0.4, 0.5) is 5.69 Å². The summed E-state index contributed by atoms with van der Waals surface area (Å²) in [5, 5.41) is 7.00. The number of hydrogen-bond acceptors (Lipinski definition) is 4. The molecule has 2 aromatic carbocycles. The van der Waals surface area contributed by atoms with E-state index in [1.165, 1.54) is 13.3 Å². The molecule has 0 fully saturated rings. The fraction of sp³-hybridized carbons (Fsp3) is 0.200. The zero-order valence-electron chi connectivity index (χ0n) is 15.3. The highest BCUT2D eigenvalue weighted by molar-refractivity contribution is 6.04. The molecule has 0 aliphatic carbocycles. The summed E-state index contributed by atoms with van der Waals surface area (Å²) in [4.78, 5) is 29.6. The van der Waals surface area contributed by atoms with Gasteiger partial charge in [-0.25, -0.2) is 9.67 Å². The second-order valence-corrected chi connectivity index (χ2v) is 6.28. The van der Waals surface area contributed by atoms with Crippen molar-refractivity contribution < 1.29 is 9.59 Å². The molecule has 0 radical (unpaired) electrons. The molecule has 2 amide bonds. The first kappa shape index (κ1) is 18.3. The molecule has 0 aliphatic heterocycles. The van der Waals surface area contributed by atoms with Gasteiger partial charge in [0.05, 0.1) is 6.54 Å². The zero-order chi connectivity index (χ0) is 19.2. The number of amides is 2. The summed E-state index contributed by atoms with van der Waals surface area (Å²) >= 11 is 0. The van der Waals surface area contributed by atoms with Crippen LogP contribution in [0.1, 0.15) is 28.4 Å². The summed E-state index contributed by atoms with van der Waals surface area (Å²) < 4.78 is 1.72. The molecule has 3 rings (SSSR count). The normalized spacial score (nSPS) is 10.4. The number of aromatic nitrogens is 3. The van der Waals surface area contributed by atoms with Crippen molar-refractivity contribution in [2.45, 2.75) is 20.0 Å². The lowest BCUT2D eigenvalue weighted by Crippen LogP contribution is -2.24. The minimum absolute atomic E-state index is 0.0286. The number of benzene rings is 2. The van der Waals surface area contributed by atoms with E-state index in [0.717, 1.165) is 11.1 Å². The SMILES string of the molecule is CC(=O)N(C)Cc1ccccc1NC(=O)c1ccc(Cn2cncn2)cc1. The van der Waals surface area contributed by atoms with Gasteiger partial charge in [-0.1, -0.05) is 30.3 Å². The minimum Gasteiger partial charge on any atom is -0.342 e. The third-order valence-corrected chi connectivity index (χ3v) is 4.24. The molecule has 0 unspecified atom stereocenters. The Balaban J connectivity index is 1.69. The molecule has 27 heavy (non-hydrogen) atoms.